The van der Waals surface area contributed by atoms with Crippen LogP contribution in [-0.2, 0) is 0 Å². The first-order valence-corrected chi connectivity index (χ1v) is 7.12. The zero-order valence-corrected chi connectivity index (χ0v) is 13.6. The second kappa shape index (κ2) is 5.72. The van der Waals surface area contributed by atoms with Gasteiger partial charge >= 0.3 is 0 Å². The summed E-state index contributed by atoms with van der Waals surface area (Å²) >= 11 is 0. The highest BCUT2D eigenvalue weighted by Crippen LogP contribution is 2.35. The van der Waals surface area contributed by atoms with Gasteiger partial charge in [-0.15, -0.1) is 0 Å². The number of carbonyl (C=O) groups excluding carboxylic acids is 1. The summed E-state index contributed by atoms with van der Waals surface area (Å²) in [4.78, 5) is 11.2. The number of carbonyl (C=O) groups is 1. The number of hydrogen-bond donors (Lipinski definition) is 0. The molecule has 0 amide bonds. The third-order valence-electron chi connectivity index (χ3n) is 4.65. The molecule has 0 unspecified atom stereocenters. The van der Waals surface area contributed by atoms with E-state index in [0.29, 0.717) is 11.3 Å². The first-order chi connectivity index (χ1) is 9.92. The zero-order chi connectivity index (χ0) is 15.7. The molecule has 0 aliphatic rings. The highest BCUT2D eigenvalue weighted by Gasteiger charge is 2.15. The van der Waals surface area contributed by atoms with Crippen LogP contribution in [0, 0.1) is 34.6 Å². The van der Waals surface area contributed by atoms with E-state index in [9.17, 15) is 4.79 Å². The molecule has 0 radical (unpaired) electrons. The fraction of sp³-hybridized carbons (Fsp3) is 0.316. The van der Waals surface area contributed by atoms with Crippen molar-refractivity contribution < 1.29 is 9.53 Å². The Labute approximate surface area is 126 Å². The van der Waals surface area contributed by atoms with Crippen LogP contribution in [0.2, 0.25) is 0 Å². The second-order valence-corrected chi connectivity index (χ2v) is 5.57. The van der Waals surface area contributed by atoms with E-state index in [1.807, 2.05) is 18.2 Å². The number of aldehydes is 1. The third-order valence-corrected chi connectivity index (χ3v) is 4.65. The average Bonchev–Trinajstić information content (AvgIpc) is 2.51. The van der Waals surface area contributed by atoms with Crippen molar-refractivity contribution in [2.24, 2.45) is 0 Å². The van der Waals surface area contributed by atoms with Crippen LogP contribution in [0.1, 0.15) is 38.2 Å². The lowest BCUT2D eigenvalue weighted by Crippen LogP contribution is -2.00. The van der Waals surface area contributed by atoms with E-state index in [1.54, 1.807) is 7.11 Å². The predicted molar refractivity (Wildman–Crippen MR) is 87.5 cm³/mol. The van der Waals surface area contributed by atoms with E-state index >= 15 is 0 Å². The summed E-state index contributed by atoms with van der Waals surface area (Å²) in [6.45, 7) is 10.8. The summed E-state index contributed by atoms with van der Waals surface area (Å²) in [5.41, 5.74) is 9.41. The molecule has 0 aliphatic heterocycles. The van der Waals surface area contributed by atoms with Gasteiger partial charge in [0.15, 0.2) is 6.29 Å². The van der Waals surface area contributed by atoms with E-state index in [0.717, 1.165) is 11.8 Å². The minimum atomic E-state index is 0.588. The van der Waals surface area contributed by atoms with Crippen molar-refractivity contribution in [3.05, 3.63) is 51.6 Å². The molecule has 2 heteroatoms. The number of hydrogen-bond acceptors (Lipinski definition) is 2. The van der Waals surface area contributed by atoms with E-state index in [1.165, 1.54) is 33.4 Å². The Kier molecular flexibility index (Phi) is 4.17. The minimum absolute atomic E-state index is 0.588. The molecule has 0 aliphatic carbocycles. The maximum absolute atomic E-state index is 11.2. The summed E-state index contributed by atoms with van der Waals surface area (Å²) in [6.07, 6.45) is 0.848. The Hall–Kier alpha value is -2.09. The molecule has 0 atom stereocenters. The third kappa shape index (κ3) is 2.46. The molecule has 0 saturated heterocycles. The molecule has 0 saturated carbocycles. The van der Waals surface area contributed by atoms with Crippen LogP contribution in [-0.4, -0.2) is 13.4 Å². The predicted octanol–water partition coefficient (Wildman–Crippen LogP) is 4.72. The van der Waals surface area contributed by atoms with E-state index in [4.69, 9.17) is 4.74 Å². The van der Waals surface area contributed by atoms with Gasteiger partial charge in [0.05, 0.1) is 12.7 Å². The molecular weight excluding hydrogens is 260 g/mol. The quantitative estimate of drug-likeness (QED) is 0.762. The van der Waals surface area contributed by atoms with E-state index in [2.05, 4.69) is 34.6 Å². The fourth-order valence-electron chi connectivity index (χ4n) is 2.91. The molecule has 2 nitrogen and oxygen atoms in total. The number of benzene rings is 2. The molecule has 0 heterocycles. The SMILES string of the molecule is COc1ccc(-c2c(C)c(C)c(C)c(C)c2C)cc1C=O. The van der Waals surface area contributed by atoms with Crippen LogP contribution in [0.25, 0.3) is 11.1 Å². The Bertz CT molecular complexity index is 683. The number of methoxy groups -OCH3 is 1. The lowest BCUT2D eigenvalue weighted by molar-refractivity contribution is 0.112. The standard InChI is InChI=1S/C19H22O2/c1-11-12(2)14(4)19(15(5)13(11)3)16-7-8-18(21-6)17(9-16)10-20/h7-10H,1-6H3. The Morgan fingerprint density at radius 3 is 1.86 bits per heavy atom. The van der Waals surface area contributed by atoms with Crippen molar-refractivity contribution >= 4 is 6.29 Å². The topological polar surface area (TPSA) is 26.3 Å². The van der Waals surface area contributed by atoms with Gasteiger partial charge in [-0.2, -0.15) is 0 Å². The van der Waals surface area contributed by atoms with Crippen LogP contribution >= 0.6 is 0 Å². The smallest absolute Gasteiger partial charge is 0.153 e. The van der Waals surface area contributed by atoms with E-state index < -0.39 is 0 Å². The molecule has 2 aromatic rings. The van der Waals surface area contributed by atoms with Gasteiger partial charge < -0.3 is 4.74 Å². The summed E-state index contributed by atoms with van der Waals surface area (Å²) in [5, 5.41) is 0. The highest BCUT2D eigenvalue weighted by atomic mass is 16.5. The van der Waals surface area contributed by atoms with Crippen LogP contribution in [0.15, 0.2) is 18.2 Å². The number of ether oxygens (including phenoxy) is 1. The molecule has 0 spiro atoms. The van der Waals surface area contributed by atoms with Gasteiger partial charge in [0.1, 0.15) is 5.75 Å². The first kappa shape index (κ1) is 15.3. The molecule has 110 valence electrons. The molecular formula is C19H22O2. The van der Waals surface area contributed by atoms with Crippen molar-refractivity contribution in [3.8, 4) is 16.9 Å². The molecule has 0 bridgehead atoms. The van der Waals surface area contributed by atoms with Crippen molar-refractivity contribution in [1.82, 2.24) is 0 Å². The van der Waals surface area contributed by atoms with Crippen molar-refractivity contribution in [1.29, 1.82) is 0 Å². The van der Waals surface area contributed by atoms with Crippen molar-refractivity contribution in [2.45, 2.75) is 34.6 Å². The normalized spacial score (nSPS) is 10.6. The minimum Gasteiger partial charge on any atom is -0.496 e. The molecule has 2 rings (SSSR count). The highest BCUT2D eigenvalue weighted by molar-refractivity contribution is 5.84. The van der Waals surface area contributed by atoms with Gasteiger partial charge in [-0.05, 0) is 85.7 Å². The Morgan fingerprint density at radius 1 is 0.857 bits per heavy atom. The second-order valence-electron chi connectivity index (χ2n) is 5.57. The van der Waals surface area contributed by atoms with Crippen LogP contribution in [0.5, 0.6) is 5.75 Å². The van der Waals surface area contributed by atoms with Gasteiger partial charge in [-0.25, -0.2) is 0 Å². The monoisotopic (exact) mass is 282 g/mol. The maximum Gasteiger partial charge on any atom is 0.153 e. The lowest BCUT2D eigenvalue weighted by atomic mass is 9.86. The van der Waals surface area contributed by atoms with Gasteiger partial charge in [-0.1, -0.05) is 6.07 Å². The van der Waals surface area contributed by atoms with Gasteiger partial charge in [-0.3, -0.25) is 4.79 Å². The zero-order valence-electron chi connectivity index (χ0n) is 13.6. The first-order valence-electron chi connectivity index (χ1n) is 7.12. The summed E-state index contributed by atoms with van der Waals surface area (Å²) in [5.74, 6) is 0.615. The molecule has 0 aromatic heterocycles. The van der Waals surface area contributed by atoms with Gasteiger partial charge in [0, 0.05) is 0 Å². The van der Waals surface area contributed by atoms with Crippen molar-refractivity contribution in [3.63, 3.8) is 0 Å². The largest absolute Gasteiger partial charge is 0.496 e. The maximum atomic E-state index is 11.2. The van der Waals surface area contributed by atoms with Crippen LogP contribution in [0.3, 0.4) is 0 Å². The Balaban J connectivity index is 2.76. The summed E-state index contributed by atoms with van der Waals surface area (Å²) in [7, 11) is 1.58. The lowest BCUT2D eigenvalue weighted by Gasteiger charge is -2.19. The molecule has 2 aromatic carbocycles. The Morgan fingerprint density at radius 2 is 1.38 bits per heavy atom. The molecule has 0 fully saturated rings. The fourth-order valence-corrected chi connectivity index (χ4v) is 2.91. The van der Waals surface area contributed by atoms with Crippen molar-refractivity contribution in [2.75, 3.05) is 7.11 Å². The molecule has 21 heavy (non-hydrogen) atoms. The van der Waals surface area contributed by atoms with Gasteiger partial charge in [0.25, 0.3) is 0 Å². The summed E-state index contributed by atoms with van der Waals surface area (Å²) < 4.78 is 5.22. The number of rotatable bonds is 3. The van der Waals surface area contributed by atoms with Gasteiger partial charge in [0.2, 0.25) is 0 Å². The average molecular weight is 282 g/mol. The van der Waals surface area contributed by atoms with Crippen LogP contribution < -0.4 is 4.74 Å². The molecule has 0 N–H and O–H groups in total. The van der Waals surface area contributed by atoms with Crippen LogP contribution in [0.4, 0.5) is 0 Å². The van der Waals surface area contributed by atoms with E-state index in [-0.39, 0.29) is 0 Å². The summed E-state index contributed by atoms with van der Waals surface area (Å²) in [6, 6.07) is 5.80.